The number of nitrogens with one attached hydrogen (secondary N) is 2. The van der Waals surface area contributed by atoms with Crippen LogP contribution in [-0.4, -0.2) is 41.0 Å². The van der Waals surface area contributed by atoms with Crippen LogP contribution >= 0.6 is 0 Å². The predicted molar refractivity (Wildman–Crippen MR) is 64.0 cm³/mol. The van der Waals surface area contributed by atoms with E-state index in [-0.39, 0.29) is 0 Å². The van der Waals surface area contributed by atoms with Gasteiger partial charge in [0.05, 0.1) is 0 Å². The highest BCUT2D eigenvalue weighted by Gasteiger charge is 2.10. The Morgan fingerprint density at radius 3 is 2.94 bits per heavy atom. The summed E-state index contributed by atoms with van der Waals surface area (Å²) in [6.07, 6.45) is 4.34. The average molecular weight is 222 g/mol. The van der Waals surface area contributed by atoms with Gasteiger partial charge in [-0.15, -0.1) is 0 Å². The molecular weight excluding hydrogens is 204 g/mol. The molecule has 1 aromatic heterocycles. The molecule has 6 heteroatoms. The molecule has 0 spiro atoms. The van der Waals surface area contributed by atoms with Crippen LogP contribution in [0.1, 0.15) is 12.8 Å². The summed E-state index contributed by atoms with van der Waals surface area (Å²) < 4.78 is 0. The summed E-state index contributed by atoms with van der Waals surface area (Å²) in [5, 5.41) is 3.26. The molecule has 1 saturated heterocycles. The molecule has 2 rings (SSSR count). The molecule has 0 radical (unpaired) electrons. The van der Waals surface area contributed by atoms with Crippen LogP contribution in [0.4, 0.5) is 11.8 Å². The highest BCUT2D eigenvalue weighted by atomic mass is 15.3. The van der Waals surface area contributed by atoms with Gasteiger partial charge in [-0.3, -0.25) is 5.43 Å². The number of anilines is 2. The van der Waals surface area contributed by atoms with Crippen LogP contribution in [-0.2, 0) is 0 Å². The molecule has 88 valence electrons. The van der Waals surface area contributed by atoms with E-state index >= 15 is 0 Å². The topological polar surface area (TPSA) is 79.1 Å². The summed E-state index contributed by atoms with van der Waals surface area (Å²) in [5.74, 6) is 6.48. The van der Waals surface area contributed by atoms with E-state index in [0.717, 1.165) is 18.9 Å². The van der Waals surface area contributed by atoms with Crippen molar-refractivity contribution in [3.05, 3.63) is 12.3 Å². The first kappa shape index (κ1) is 11.1. The minimum Gasteiger partial charge on any atom is -0.369 e. The van der Waals surface area contributed by atoms with Crippen LogP contribution in [0.15, 0.2) is 12.3 Å². The van der Waals surface area contributed by atoms with Gasteiger partial charge in [0.2, 0.25) is 5.95 Å². The largest absolute Gasteiger partial charge is 0.369 e. The number of nitrogen functional groups attached to an aromatic ring is 1. The van der Waals surface area contributed by atoms with E-state index < -0.39 is 0 Å². The standard InChI is InChI=1S/C10H18N6/c11-15-10-13-4-3-9(14-10)12-5-8-16-6-1-2-7-16/h3-4H,1-2,5-8,11H2,(H2,12,13,14,15). The monoisotopic (exact) mass is 222 g/mol. The molecule has 1 fully saturated rings. The zero-order valence-electron chi connectivity index (χ0n) is 9.32. The fourth-order valence-corrected chi connectivity index (χ4v) is 1.88. The maximum absolute atomic E-state index is 5.24. The second kappa shape index (κ2) is 5.62. The van der Waals surface area contributed by atoms with Crippen molar-refractivity contribution in [2.24, 2.45) is 5.84 Å². The molecule has 16 heavy (non-hydrogen) atoms. The van der Waals surface area contributed by atoms with Crippen molar-refractivity contribution in [1.82, 2.24) is 14.9 Å². The molecular formula is C10H18N6. The molecule has 0 aliphatic carbocycles. The summed E-state index contributed by atoms with van der Waals surface area (Å²) in [6, 6.07) is 1.84. The Morgan fingerprint density at radius 2 is 2.19 bits per heavy atom. The lowest BCUT2D eigenvalue weighted by molar-refractivity contribution is 0.352. The van der Waals surface area contributed by atoms with E-state index in [2.05, 4.69) is 25.6 Å². The summed E-state index contributed by atoms with van der Waals surface area (Å²) in [4.78, 5) is 10.6. The second-order valence-electron chi connectivity index (χ2n) is 3.89. The molecule has 1 aliphatic rings. The highest BCUT2D eigenvalue weighted by Crippen LogP contribution is 2.07. The lowest BCUT2D eigenvalue weighted by Crippen LogP contribution is -2.26. The number of rotatable bonds is 5. The van der Waals surface area contributed by atoms with E-state index in [9.17, 15) is 0 Å². The zero-order chi connectivity index (χ0) is 11.2. The average Bonchev–Trinajstić information content (AvgIpc) is 2.82. The van der Waals surface area contributed by atoms with Crippen LogP contribution in [0.2, 0.25) is 0 Å². The smallest absolute Gasteiger partial charge is 0.239 e. The van der Waals surface area contributed by atoms with Crippen molar-refractivity contribution in [2.45, 2.75) is 12.8 Å². The van der Waals surface area contributed by atoms with Gasteiger partial charge in [-0.25, -0.2) is 10.8 Å². The Kier molecular flexibility index (Phi) is 3.90. The number of nitrogens with two attached hydrogens (primary N) is 1. The van der Waals surface area contributed by atoms with Crippen molar-refractivity contribution in [2.75, 3.05) is 36.9 Å². The molecule has 0 bridgehead atoms. The van der Waals surface area contributed by atoms with Gasteiger partial charge in [0.15, 0.2) is 0 Å². The van der Waals surface area contributed by atoms with Crippen LogP contribution < -0.4 is 16.6 Å². The van der Waals surface area contributed by atoms with Crippen LogP contribution in [0.25, 0.3) is 0 Å². The summed E-state index contributed by atoms with van der Waals surface area (Å²) in [7, 11) is 0. The predicted octanol–water partition coefficient (Wildman–Crippen LogP) is 0.270. The Labute approximate surface area is 95.2 Å². The molecule has 0 unspecified atom stereocenters. The van der Waals surface area contributed by atoms with Crippen molar-refractivity contribution in [3.8, 4) is 0 Å². The van der Waals surface area contributed by atoms with Crippen molar-refractivity contribution < 1.29 is 0 Å². The summed E-state index contributed by atoms with van der Waals surface area (Å²) in [6.45, 7) is 4.42. The van der Waals surface area contributed by atoms with E-state index in [0.29, 0.717) is 5.95 Å². The zero-order valence-corrected chi connectivity index (χ0v) is 9.32. The molecule has 2 heterocycles. The van der Waals surface area contributed by atoms with Gasteiger partial charge in [-0.2, -0.15) is 4.98 Å². The number of hydrogen-bond acceptors (Lipinski definition) is 6. The first-order valence-corrected chi connectivity index (χ1v) is 5.64. The van der Waals surface area contributed by atoms with Gasteiger partial charge < -0.3 is 10.2 Å². The van der Waals surface area contributed by atoms with E-state index in [4.69, 9.17) is 5.84 Å². The first-order chi connectivity index (χ1) is 7.88. The number of nitrogens with zero attached hydrogens (tertiary/aromatic N) is 3. The van der Waals surface area contributed by atoms with E-state index in [1.54, 1.807) is 6.20 Å². The Balaban J connectivity index is 1.75. The van der Waals surface area contributed by atoms with Crippen LogP contribution in [0.5, 0.6) is 0 Å². The maximum Gasteiger partial charge on any atom is 0.239 e. The molecule has 1 aliphatic heterocycles. The van der Waals surface area contributed by atoms with Crippen molar-refractivity contribution in [1.29, 1.82) is 0 Å². The molecule has 0 saturated carbocycles. The Hall–Kier alpha value is -1.40. The SMILES string of the molecule is NNc1nccc(NCCN2CCCC2)n1. The molecule has 0 aromatic carbocycles. The molecule has 0 amide bonds. The number of hydrogen-bond donors (Lipinski definition) is 3. The van der Waals surface area contributed by atoms with Crippen LogP contribution in [0, 0.1) is 0 Å². The fourth-order valence-electron chi connectivity index (χ4n) is 1.88. The van der Waals surface area contributed by atoms with Gasteiger partial charge in [-0.05, 0) is 32.0 Å². The van der Waals surface area contributed by atoms with E-state index in [1.807, 2.05) is 6.07 Å². The first-order valence-electron chi connectivity index (χ1n) is 5.64. The van der Waals surface area contributed by atoms with Gasteiger partial charge in [0, 0.05) is 19.3 Å². The van der Waals surface area contributed by atoms with Gasteiger partial charge >= 0.3 is 0 Å². The third-order valence-electron chi connectivity index (χ3n) is 2.72. The highest BCUT2D eigenvalue weighted by molar-refractivity contribution is 5.38. The molecule has 0 atom stereocenters. The van der Waals surface area contributed by atoms with E-state index in [1.165, 1.54) is 25.9 Å². The molecule has 4 N–H and O–H groups in total. The van der Waals surface area contributed by atoms with Gasteiger partial charge in [0.1, 0.15) is 5.82 Å². The number of hydrazine groups is 1. The lowest BCUT2D eigenvalue weighted by atomic mass is 10.4. The molecule has 1 aromatic rings. The van der Waals surface area contributed by atoms with Crippen molar-refractivity contribution >= 4 is 11.8 Å². The summed E-state index contributed by atoms with van der Waals surface area (Å²) >= 11 is 0. The Morgan fingerprint density at radius 1 is 1.38 bits per heavy atom. The minimum atomic E-state index is 0.436. The third kappa shape index (κ3) is 3.04. The van der Waals surface area contributed by atoms with Crippen LogP contribution in [0.3, 0.4) is 0 Å². The second-order valence-corrected chi connectivity index (χ2v) is 3.89. The lowest BCUT2D eigenvalue weighted by Gasteiger charge is -2.14. The third-order valence-corrected chi connectivity index (χ3v) is 2.72. The molecule has 6 nitrogen and oxygen atoms in total. The minimum absolute atomic E-state index is 0.436. The number of aromatic nitrogens is 2. The summed E-state index contributed by atoms with van der Waals surface area (Å²) in [5.41, 5.74) is 2.43. The normalized spacial score (nSPS) is 16.3. The maximum atomic E-state index is 5.24. The quantitative estimate of drug-likeness (QED) is 0.490. The fraction of sp³-hybridized carbons (Fsp3) is 0.600. The number of likely N-dealkylation sites (tertiary alicyclic amines) is 1. The van der Waals surface area contributed by atoms with Crippen molar-refractivity contribution in [3.63, 3.8) is 0 Å². The van der Waals surface area contributed by atoms with Gasteiger partial charge in [0.25, 0.3) is 0 Å². The Bertz CT molecular complexity index is 323. The van der Waals surface area contributed by atoms with Gasteiger partial charge in [-0.1, -0.05) is 0 Å².